The summed E-state index contributed by atoms with van der Waals surface area (Å²) in [6.45, 7) is 9.10. The molecule has 0 saturated heterocycles. The molecule has 0 unspecified atom stereocenters. The maximum absolute atomic E-state index is 11.6. The minimum Gasteiger partial charge on any atom is -0.492 e. The lowest BCUT2D eigenvalue weighted by Crippen LogP contribution is -2.53. The van der Waals surface area contributed by atoms with Gasteiger partial charge in [0, 0.05) is 18.6 Å². The minimum absolute atomic E-state index is 0.208. The lowest BCUT2D eigenvalue weighted by Gasteiger charge is -2.36. The van der Waals surface area contributed by atoms with Crippen LogP contribution in [-0.4, -0.2) is 36.9 Å². The van der Waals surface area contributed by atoms with E-state index in [2.05, 4.69) is 23.6 Å². The summed E-state index contributed by atoms with van der Waals surface area (Å²) in [7, 11) is 0. The Hall–Kier alpha value is -1.75. The molecule has 1 aliphatic carbocycles. The van der Waals surface area contributed by atoms with E-state index in [4.69, 9.17) is 9.47 Å². The van der Waals surface area contributed by atoms with Crippen LogP contribution >= 0.6 is 0 Å². The van der Waals surface area contributed by atoms with Crippen LogP contribution in [0.3, 0.4) is 0 Å². The lowest BCUT2D eigenvalue weighted by molar-refractivity contribution is 0.0464. The second-order valence-electron chi connectivity index (χ2n) is 7.13. The van der Waals surface area contributed by atoms with Gasteiger partial charge in [-0.15, -0.1) is 0 Å². The Kier molecular flexibility index (Phi) is 5.88. The molecule has 0 spiro atoms. The second-order valence-corrected chi connectivity index (χ2v) is 7.13. The van der Waals surface area contributed by atoms with Crippen LogP contribution < -0.4 is 15.4 Å². The van der Waals surface area contributed by atoms with Gasteiger partial charge in [0.15, 0.2) is 0 Å². The fourth-order valence-corrected chi connectivity index (χ4v) is 2.51. The minimum atomic E-state index is -0.446. The maximum Gasteiger partial charge on any atom is 0.407 e. The summed E-state index contributed by atoms with van der Waals surface area (Å²) in [5, 5.41) is 6.33. The third kappa shape index (κ3) is 6.48. The Morgan fingerprint density at radius 1 is 1.26 bits per heavy atom. The smallest absolute Gasteiger partial charge is 0.407 e. The molecular formula is C18H28N2O3. The highest BCUT2D eigenvalue weighted by Gasteiger charge is 2.31. The van der Waals surface area contributed by atoms with E-state index in [0.717, 1.165) is 25.1 Å². The number of alkyl carbamates (subject to hydrolysis) is 1. The molecule has 0 aromatic heterocycles. The van der Waals surface area contributed by atoms with E-state index < -0.39 is 5.60 Å². The van der Waals surface area contributed by atoms with Crippen molar-refractivity contribution < 1.29 is 14.3 Å². The molecule has 2 N–H and O–H groups in total. The van der Waals surface area contributed by atoms with Crippen molar-refractivity contribution in [2.75, 3.05) is 13.2 Å². The Morgan fingerprint density at radius 2 is 2.00 bits per heavy atom. The van der Waals surface area contributed by atoms with Gasteiger partial charge in [0.05, 0.1) is 0 Å². The normalized spacial score (nSPS) is 20.5. The number of rotatable bonds is 6. The highest BCUT2D eigenvalue weighted by atomic mass is 16.6. The van der Waals surface area contributed by atoms with E-state index in [1.807, 2.05) is 39.0 Å². The number of ether oxygens (including phenoxy) is 2. The van der Waals surface area contributed by atoms with E-state index >= 15 is 0 Å². The monoisotopic (exact) mass is 320 g/mol. The molecule has 1 amide bonds. The average Bonchev–Trinajstić information content (AvgIpc) is 2.38. The number of hydrogen-bond acceptors (Lipinski definition) is 4. The fourth-order valence-electron chi connectivity index (χ4n) is 2.51. The molecule has 5 nitrogen and oxygen atoms in total. The average molecular weight is 320 g/mol. The van der Waals surface area contributed by atoms with E-state index in [0.29, 0.717) is 12.6 Å². The van der Waals surface area contributed by atoms with Crippen LogP contribution in [-0.2, 0) is 4.74 Å². The predicted octanol–water partition coefficient (Wildman–Crippen LogP) is 3.02. The SMILES string of the molecule is Cc1cccc(OCCNC2CC(NC(=O)OC(C)(C)C)C2)c1. The Morgan fingerprint density at radius 3 is 2.65 bits per heavy atom. The second kappa shape index (κ2) is 7.68. The number of aryl methyl sites for hydroxylation is 1. The van der Waals surface area contributed by atoms with Crippen molar-refractivity contribution in [3.05, 3.63) is 29.8 Å². The molecule has 1 fully saturated rings. The first-order chi connectivity index (χ1) is 10.8. The van der Waals surface area contributed by atoms with Crippen molar-refractivity contribution >= 4 is 6.09 Å². The quantitative estimate of drug-likeness (QED) is 0.791. The number of nitrogens with one attached hydrogen (secondary N) is 2. The molecule has 1 saturated carbocycles. The van der Waals surface area contributed by atoms with Gasteiger partial charge in [0.25, 0.3) is 0 Å². The van der Waals surface area contributed by atoms with Crippen LogP contribution in [0.1, 0.15) is 39.2 Å². The summed E-state index contributed by atoms with van der Waals surface area (Å²) in [5.74, 6) is 0.907. The van der Waals surface area contributed by atoms with E-state index in [1.165, 1.54) is 5.56 Å². The summed E-state index contributed by atoms with van der Waals surface area (Å²) in [4.78, 5) is 11.6. The number of carbonyl (C=O) groups excluding carboxylic acids is 1. The number of benzene rings is 1. The third-order valence-electron chi connectivity index (χ3n) is 3.65. The van der Waals surface area contributed by atoms with Crippen molar-refractivity contribution in [1.82, 2.24) is 10.6 Å². The van der Waals surface area contributed by atoms with Crippen LogP contribution in [0.15, 0.2) is 24.3 Å². The summed E-state index contributed by atoms with van der Waals surface area (Å²) in [6.07, 6.45) is 1.54. The topological polar surface area (TPSA) is 59.6 Å². The molecule has 5 heteroatoms. The molecule has 0 heterocycles. The highest BCUT2D eigenvalue weighted by molar-refractivity contribution is 5.68. The highest BCUT2D eigenvalue weighted by Crippen LogP contribution is 2.20. The van der Waals surface area contributed by atoms with Gasteiger partial charge in [-0.3, -0.25) is 0 Å². The predicted molar refractivity (Wildman–Crippen MR) is 90.9 cm³/mol. The Balaban J connectivity index is 1.54. The van der Waals surface area contributed by atoms with Crippen LogP contribution in [0.25, 0.3) is 0 Å². The zero-order valence-corrected chi connectivity index (χ0v) is 14.5. The summed E-state index contributed by atoms with van der Waals surface area (Å²) in [5.41, 5.74) is 0.754. The van der Waals surface area contributed by atoms with Crippen molar-refractivity contribution in [2.24, 2.45) is 0 Å². The summed E-state index contributed by atoms with van der Waals surface area (Å²) >= 11 is 0. The molecule has 0 aliphatic heterocycles. The largest absolute Gasteiger partial charge is 0.492 e. The van der Waals surface area contributed by atoms with E-state index in [9.17, 15) is 4.79 Å². The number of hydrogen-bond donors (Lipinski definition) is 2. The van der Waals surface area contributed by atoms with Gasteiger partial charge in [-0.1, -0.05) is 12.1 Å². The summed E-state index contributed by atoms with van der Waals surface area (Å²) < 4.78 is 10.9. The Labute approximate surface area is 138 Å². The lowest BCUT2D eigenvalue weighted by atomic mass is 9.87. The van der Waals surface area contributed by atoms with Crippen molar-refractivity contribution in [2.45, 2.75) is 58.2 Å². The molecule has 1 aromatic rings. The third-order valence-corrected chi connectivity index (χ3v) is 3.65. The molecule has 0 radical (unpaired) electrons. The van der Waals surface area contributed by atoms with Crippen LogP contribution in [0.4, 0.5) is 4.79 Å². The molecular weight excluding hydrogens is 292 g/mol. The van der Waals surface area contributed by atoms with Gasteiger partial charge in [0.1, 0.15) is 18.0 Å². The number of amides is 1. The zero-order valence-electron chi connectivity index (χ0n) is 14.5. The van der Waals surface area contributed by atoms with Crippen molar-refractivity contribution in [3.63, 3.8) is 0 Å². The molecule has 0 atom stereocenters. The summed E-state index contributed by atoms with van der Waals surface area (Å²) in [6, 6.07) is 8.70. The first-order valence-corrected chi connectivity index (χ1v) is 8.24. The van der Waals surface area contributed by atoms with Crippen LogP contribution in [0, 0.1) is 6.92 Å². The van der Waals surface area contributed by atoms with Gasteiger partial charge in [-0.2, -0.15) is 0 Å². The van der Waals surface area contributed by atoms with Gasteiger partial charge in [-0.25, -0.2) is 4.79 Å². The molecule has 128 valence electrons. The van der Waals surface area contributed by atoms with Crippen LogP contribution in [0.2, 0.25) is 0 Å². The molecule has 23 heavy (non-hydrogen) atoms. The first-order valence-electron chi connectivity index (χ1n) is 8.24. The van der Waals surface area contributed by atoms with E-state index in [-0.39, 0.29) is 12.1 Å². The van der Waals surface area contributed by atoms with Crippen LogP contribution in [0.5, 0.6) is 5.75 Å². The standard InChI is InChI=1S/C18H28N2O3/c1-13-6-5-7-16(10-13)22-9-8-19-14-11-15(12-14)20-17(21)23-18(2,3)4/h5-7,10,14-15,19H,8-9,11-12H2,1-4H3,(H,20,21). The van der Waals surface area contributed by atoms with Gasteiger partial charge in [-0.05, 0) is 58.2 Å². The molecule has 2 rings (SSSR count). The van der Waals surface area contributed by atoms with Crippen molar-refractivity contribution in [3.8, 4) is 5.75 Å². The van der Waals surface area contributed by atoms with Crippen molar-refractivity contribution in [1.29, 1.82) is 0 Å². The maximum atomic E-state index is 11.6. The zero-order chi connectivity index (χ0) is 16.9. The fraction of sp³-hybridized carbons (Fsp3) is 0.611. The Bertz CT molecular complexity index is 519. The van der Waals surface area contributed by atoms with E-state index in [1.54, 1.807) is 0 Å². The number of carbonyl (C=O) groups is 1. The van der Waals surface area contributed by atoms with Gasteiger partial charge >= 0.3 is 6.09 Å². The van der Waals surface area contributed by atoms with Gasteiger partial charge < -0.3 is 20.1 Å². The molecule has 1 aromatic carbocycles. The van der Waals surface area contributed by atoms with Gasteiger partial charge in [0.2, 0.25) is 0 Å². The molecule has 1 aliphatic rings. The molecule has 0 bridgehead atoms. The first kappa shape index (κ1) is 17.6.